The number of methoxy groups -OCH3 is 1. The van der Waals surface area contributed by atoms with Gasteiger partial charge in [0.15, 0.2) is 0 Å². The van der Waals surface area contributed by atoms with E-state index in [9.17, 15) is 4.79 Å². The van der Waals surface area contributed by atoms with Crippen LogP contribution in [0, 0.1) is 5.92 Å². The minimum atomic E-state index is 0.281. The second-order valence-corrected chi connectivity index (χ2v) is 6.41. The van der Waals surface area contributed by atoms with Gasteiger partial charge in [-0.05, 0) is 58.8 Å². The van der Waals surface area contributed by atoms with Crippen molar-refractivity contribution >= 4 is 21.8 Å². The quantitative estimate of drug-likeness (QED) is 0.837. The average molecular weight is 340 g/mol. The van der Waals surface area contributed by atoms with Gasteiger partial charge in [-0.2, -0.15) is 0 Å². The number of ether oxygens (including phenoxy) is 1. The molecule has 3 nitrogen and oxygen atoms in total. The third-order valence-electron chi connectivity index (χ3n) is 3.85. The number of carbonyl (C=O) groups is 1. The Hall–Kier alpha value is -1.03. The van der Waals surface area contributed by atoms with Crippen molar-refractivity contribution in [2.75, 3.05) is 20.2 Å². The number of hydrogen-bond acceptors (Lipinski definition) is 2. The molecule has 1 unspecified atom stereocenters. The molecule has 0 radical (unpaired) electrons. The Labute approximate surface area is 129 Å². The molecule has 0 saturated carbocycles. The molecular weight excluding hydrogens is 318 g/mol. The van der Waals surface area contributed by atoms with Crippen LogP contribution in [0.25, 0.3) is 0 Å². The lowest BCUT2D eigenvalue weighted by molar-refractivity contribution is -0.132. The van der Waals surface area contributed by atoms with E-state index in [1.54, 1.807) is 7.11 Å². The van der Waals surface area contributed by atoms with Crippen LogP contribution < -0.4 is 4.74 Å². The van der Waals surface area contributed by atoms with Crippen molar-refractivity contribution < 1.29 is 9.53 Å². The van der Waals surface area contributed by atoms with Crippen molar-refractivity contribution in [3.8, 4) is 5.75 Å². The Morgan fingerprint density at radius 3 is 2.95 bits per heavy atom. The highest BCUT2D eigenvalue weighted by molar-refractivity contribution is 9.10. The summed E-state index contributed by atoms with van der Waals surface area (Å²) in [7, 11) is 1.65. The van der Waals surface area contributed by atoms with Crippen LogP contribution in [0.2, 0.25) is 0 Å². The zero-order valence-corrected chi connectivity index (χ0v) is 13.8. The molecule has 1 amide bonds. The van der Waals surface area contributed by atoms with Crippen LogP contribution in [0.4, 0.5) is 0 Å². The summed E-state index contributed by atoms with van der Waals surface area (Å²) in [5, 5.41) is 0. The number of piperidine rings is 1. The summed E-state index contributed by atoms with van der Waals surface area (Å²) in [6, 6.07) is 5.99. The van der Waals surface area contributed by atoms with Crippen LogP contribution in [0.15, 0.2) is 22.7 Å². The highest BCUT2D eigenvalue weighted by Crippen LogP contribution is 2.26. The Balaban J connectivity index is 1.88. The number of aryl methyl sites for hydroxylation is 1. The molecule has 1 heterocycles. The molecule has 0 aliphatic carbocycles. The summed E-state index contributed by atoms with van der Waals surface area (Å²) in [6.07, 6.45) is 3.76. The summed E-state index contributed by atoms with van der Waals surface area (Å²) >= 11 is 3.48. The van der Waals surface area contributed by atoms with Gasteiger partial charge in [-0.25, -0.2) is 0 Å². The van der Waals surface area contributed by atoms with Crippen LogP contribution in [0.3, 0.4) is 0 Å². The third kappa shape index (κ3) is 3.98. The molecule has 1 aromatic rings. The smallest absolute Gasteiger partial charge is 0.222 e. The van der Waals surface area contributed by atoms with Gasteiger partial charge in [-0.15, -0.1) is 0 Å². The molecule has 1 aromatic carbocycles. The molecule has 1 aliphatic rings. The Morgan fingerprint density at radius 2 is 2.30 bits per heavy atom. The molecule has 4 heteroatoms. The van der Waals surface area contributed by atoms with E-state index >= 15 is 0 Å². The van der Waals surface area contributed by atoms with Gasteiger partial charge in [0.1, 0.15) is 5.75 Å². The van der Waals surface area contributed by atoms with E-state index in [1.807, 2.05) is 23.1 Å². The number of hydrogen-bond donors (Lipinski definition) is 0. The maximum absolute atomic E-state index is 12.2. The summed E-state index contributed by atoms with van der Waals surface area (Å²) in [5.41, 5.74) is 1.16. The number of amides is 1. The molecule has 20 heavy (non-hydrogen) atoms. The first-order valence-corrected chi connectivity index (χ1v) is 7.99. The van der Waals surface area contributed by atoms with Crippen molar-refractivity contribution in [1.82, 2.24) is 4.90 Å². The molecule has 0 spiro atoms. The third-order valence-corrected chi connectivity index (χ3v) is 4.47. The molecule has 0 bridgehead atoms. The fourth-order valence-electron chi connectivity index (χ4n) is 2.69. The highest BCUT2D eigenvalue weighted by atomic mass is 79.9. The van der Waals surface area contributed by atoms with E-state index in [0.717, 1.165) is 41.7 Å². The number of rotatable bonds is 4. The summed E-state index contributed by atoms with van der Waals surface area (Å²) in [6.45, 7) is 4.07. The number of nitrogens with zero attached hydrogens (tertiary/aromatic N) is 1. The first kappa shape index (κ1) is 15.4. The van der Waals surface area contributed by atoms with Crippen molar-refractivity contribution in [3.05, 3.63) is 28.2 Å². The van der Waals surface area contributed by atoms with Gasteiger partial charge in [0, 0.05) is 19.5 Å². The molecular formula is C16H22BrNO2. The van der Waals surface area contributed by atoms with Crippen molar-refractivity contribution in [1.29, 1.82) is 0 Å². The van der Waals surface area contributed by atoms with Gasteiger partial charge >= 0.3 is 0 Å². The highest BCUT2D eigenvalue weighted by Gasteiger charge is 2.20. The van der Waals surface area contributed by atoms with Gasteiger partial charge in [-0.1, -0.05) is 13.0 Å². The zero-order chi connectivity index (χ0) is 14.5. The van der Waals surface area contributed by atoms with Crippen molar-refractivity contribution in [3.63, 3.8) is 0 Å². The van der Waals surface area contributed by atoms with E-state index in [2.05, 4.69) is 22.9 Å². The van der Waals surface area contributed by atoms with E-state index in [1.165, 1.54) is 6.42 Å². The predicted octanol–water partition coefficient (Wildman–Crippen LogP) is 3.65. The first-order valence-electron chi connectivity index (χ1n) is 7.20. The molecule has 2 rings (SSSR count). The second kappa shape index (κ2) is 7.11. The van der Waals surface area contributed by atoms with Gasteiger partial charge in [0.25, 0.3) is 0 Å². The standard InChI is InChI=1S/C16H22BrNO2/c1-12-4-3-9-18(11-12)16(19)8-6-13-5-7-15(20-2)14(17)10-13/h5,7,10,12H,3-4,6,8-9,11H2,1-2H3. The first-order chi connectivity index (χ1) is 9.60. The fourth-order valence-corrected chi connectivity index (χ4v) is 3.28. The van der Waals surface area contributed by atoms with E-state index in [4.69, 9.17) is 4.74 Å². The SMILES string of the molecule is COc1ccc(CCC(=O)N2CCCC(C)C2)cc1Br. The van der Waals surface area contributed by atoms with Gasteiger partial charge in [0.2, 0.25) is 5.91 Å². The lowest BCUT2D eigenvalue weighted by Gasteiger charge is -2.31. The molecule has 0 N–H and O–H groups in total. The lowest BCUT2D eigenvalue weighted by Crippen LogP contribution is -2.39. The molecule has 1 saturated heterocycles. The number of likely N-dealkylation sites (tertiary alicyclic amines) is 1. The summed E-state index contributed by atoms with van der Waals surface area (Å²) < 4.78 is 6.15. The average Bonchev–Trinajstić information content (AvgIpc) is 2.45. The van der Waals surface area contributed by atoms with E-state index < -0.39 is 0 Å². The van der Waals surface area contributed by atoms with Gasteiger partial charge in [-0.3, -0.25) is 4.79 Å². The monoisotopic (exact) mass is 339 g/mol. The summed E-state index contributed by atoms with van der Waals surface area (Å²) in [5.74, 6) is 1.75. The second-order valence-electron chi connectivity index (χ2n) is 5.56. The number of carbonyl (C=O) groups excluding carboxylic acids is 1. The van der Waals surface area contributed by atoms with Crippen molar-refractivity contribution in [2.24, 2.45) is 5.92 Å². The van der Waals surface area contributed by atoms with E-state index in [0.29, 0.717) is 12.3 Å². The minimum absolute atomic E-state index is 0.281. The lowest BCUT2D eigenvalue weighted by atomic mass is 9.99. The molecule has 0 aromatic heterocycles. The van der Waals surface area contributed by atoms with Crippen LogP contribution in [0.5, 0.6) is 5.75 Å². The van der Waals surface area contributed by atoms with Crippen LogP contribution >= 0.6 is 15.9 Å². The maximum Gasteiger partial charge on any atom is 0.222 e. The van der Waals surface area contributed by atoms with Crippen LogP contribution in [-0.4, -0.2) is 31.0 Å². The molecule has 110 valence electrons. The topological polar surface area (TPSA) is 29.5 Å². The maximum atomic E-state index is 12.2. The van der Waals surface area contributed by atoms with Crippen LogP contribution in [-0.2, 0) is 11.2 Å². The fraction of sp³-hybridized carbons (Fsp3) is 0.562. The Morgan fingerprint density at radius 1 is 1.50 bits per heavy atom. The Bertz CT molecular complexity index is 476. The molecule has 1 atom stereocenters. The van der Waals surface area contributed by atoms with Gasteiger partial charge in [0.05, 0.1) is 11.6 Å². The zero-order valence-electron chi connectivity index (χ0n) is 12.2. The van der Waals surface area contributed by atoms with Crippen LogP contribution in [0.1, 0.15) is 31.7 Å². The minimum Gasteiger partial charge on any atom is -0.496 e. The molecule has 1 fully saturated rings. The normalized spacial score (nSPS) is 18.9. The number of halogens is 1. The number of benzene rings is 1. The summed E-state index contributed by atoms with van der Waals surface area (Å²) in [4.78, 5) is 14.2. The molecule has 1 aliphatic heterocycles. The Kier molecular flexibility index (Phi) is 5.46. The van der Waals surface area contributed by atoms with Crippen molar-refractivity contribution in [2.45, 2.75) is 32.6 Å². The van der Waals surface area contributed by atoms with E-state index in [-0.39, 0.29) is 5.91 Å². The van der Waals surface area contributed by atoms with Gasteiger partial charge < -0.3 is 9.64 Å². The predicted molar refractivity (Wildman–Crippen MR) is 84.0 cm³/mol. The largest absolute Gasteiger partial charge is 0.496 e.